The predicted octanol–water partition coefficient (Wildman–Crippen LogP) is 3.64. The van der Waals surface area contributed by atoms with E-state index in [0.717, 1.165) is 10.0 Å². The number of ether oxygens (including phenoxy) is 1. The number of aromatic nitrogens is 1. The minimum Gasteiger partial charge on any atom is -0.461 e. The highest BCUT2D eigenvalue weighted by atomic mass is 32.1. The molecule has 1 aliphatic rings. The second-order valence-electron chi connectivity index (χ2n) is 5.56. The molecule has 0 radical (unpaired) electrons. The van der Waals surface area contributed by atoms with E-state index in [2.05, 4.69) is 23.9 Å². The Kier molecular flexibility index (Phi) is 5.02. The maximum Gasteiger partial charge on any atom is 0.358 e. The van der Waals surface area contributed by atoms with E-state index in [9.17, 15) is 4.79 Å². The number of thiazole rings is 1. The molecule has 0 aliphatic heterocycles. The summed E-state index contributed by atoms with van der Waals surface area (Å²) < 4.78 is 5.06. The van der Waals surface area contributed by atoms with Gasteiger partial charge in [0.1, 0.15) is 0 Å². The summed E-state index contributed by atoms with van der Waals surface area (Å²) in [4.78, 5) is 19.5. The lowest BCUT2D eigenvalue weighted by molar-refractivity contribution is 0.0519. The molecule has 1 saturated carbocycles. The van der Waals surface area contributed by atoms with Gasteiger partial charge in [-0.05, 0) is 32.6 Å². The van der Waals surface area contributed by atoms with E-state index in [0.29, 0.717) is 24.3 Å². The minimum atomic E-state index is -0.308. The highest BCUT2D eigenvalue weighted by Gasteiger charge is 2.28. The number of hydrogen-bond acceptors (Lipinski definition) is 5. The first-order valence-electron chi connectivity index (χ1n) is 7.42. The molecule has 0 spiro atoms. The number of rotatable bonds is 4. The zero-order valence-corrected chi connectivity index (χ0v) is 13.6. The molecule has 1 fully saturated rings. The summed E-state index contributed by atoms with van der Waals surface area (Å²) in [5.41, 5.74) is 0.474. The van der Waals surface area contributed by atoms with Gasteiger partial charge in [0.05, 0.1) is 6.61 Å². The molecule has 2 rings (SSSR count). The van der Waals surface area contributed by atoms with Gasteiger partial charge in [0.2, 0.25) is 0 Å². The molecule has 1 aromatic heterocycles. The number of carbonyl (C=O) groups is 1. The fourth-order valence-electron chi connectivity index (χ4n) is 2.94. The van der Waals surface area contributed by atoms with E-state index in [1.165, 1.54) is 25.7 Å². The minimum absolute atomic E-state index is 0.308. The number of aryl methyl sites for hydroxylation is 1. The molecule has 4 nitrogen and oxygen atoms in total. The molecule has 0 N–H and O–H groups in total. The Bertz CT molecular complexity index is 472. The van der Waals surface area contributed by atoms with Crippen LogP contribution in [0.5, 0.6) is 0 Å². The van der Waals surface area contributed by atoms with Crippen LogP contribution in [0.25, 0.3) is 0 Å². The Morgan fingerprint density at radius 3 is 2.80 bits per heavy atom. The standard InChI is InChI=1S/C15H24N2O2S/c1-5-19-14(18)13-11(3)20-15(16-13)17(4)12-9-7-6-8-10(12)2/h10,12H,5-9H2,1-4H3. The molecule has 0 bridgehead atoms. The summed E-state index contributed by atoms with van der Waals surface area (Å²) in [7, 11) is 2.10. The van der Waals surface area contributed by atoms with Gasteiger partial charge in [0, 0.05) is 18.0 Å². The topological polar surface area (TPSA) is 42.4 Å². The lowest BCUT2D eigenvalue weighted by Crippen LogP contribution is -2.39. The summed E-state index contributed by atoms with van der Waals surface area (Å²) in [6.07, 6.45) is 5.11. The molecule has 0 aromatic carbocycles. The molecule has 2 atom stereocenters. The third kappa shape index (κ3) is 3.14. The van der Waals surface area contributed by atoms with Crippen molar-refractivity contribution in [2.75, 3.05) is 18.6 Å². The van der Waals surface area contributed by atoms with Crippen LogP contribution in [-0.2, 0) is 4.74 Å². The Balaban J connectivity index is 2.16. The maximum atomic E-state index is 11.8. The van der Waals surface area contributed by atoms with Crippen molar-refractivity contribution >= 4 is 22.4 Å². The first kappa shape index (κ1) is 15.3. The summed E-state index contributed by atoms with van der Waals surface area (Å²) >= 11 is 1.59. The van der Waals surface area contributed by atoms with Crippen molar-refractivity contribution < 1.29 is 9.53 Å². The molecule has 0 amide bonds. The van der Waals surface area contributed by atoms with Crippen molar-refractivity contribution in [1.82, 2.24) is 4.98 Å². The van der Waals surface area contributed by atoms with Crippen molar-refractivity contribution in [3.8, 4) is 0 Å². The fraction of sp³-hybridized carbons (Fsp3) is 0.733. The average molecular weight is 296 g/mol. The van der Waals surface area contributed by atoms with Gasteiger partial charge in [0.15, 0.2) is 10.8 Å². The number of nitrogens with zero attached hydrogens (tertiary/aromatic N) is 2. The van der Waals surface area contributed by atoms with Gasteiger partial charge < -0.3 is 9.64 Å². The van der Waals surface area contributed by atoms with E-state index < -0.39 is 0 Å². The van der Waals surface area contributed by atoms with Gasteiger partial charge in [-0.1, -0.05) is 19.8 Å². The van der Waals surface area contributed by atoms with E-state index in [1.54, 1.807) is 11.3 Å². The summed E-state index contributed by atoms with van der Waals surface area (Å²) in [5.74, 6) is 0.376. The second-order valence-corrected chi connectivity index (χ2v) is 6.74. The van der Waals surface area contributed by atoms with E-state index in [1.807, 2.05) is 13.8 Å². The van der Waals surface area contributed by atoms with E-state index >= 15 is 0 Å². The van der Waals surface area contributed by atoms with E-state index in [4.69, 9.17) is 4.74 Å². The van der Waals surface area contributed by atoms with Gasteiger partial charge in [-0.25, -0.2) is 9.78 Å². The number of anilines is 1. The molecule has 5 heteroatoms. The van der Waals surface area contributed by atoms with Crippen molar-refractivity contribution in [3.63, 3.8) is 0 Å². The largest absolute Gasteiger partial charge is 0.461 e. The van der Waals surface area contributed by atoms with Crippen LogP contribution in [0, 0.1) is 12.8 Å². The van der Waals surface area contributed by atoms with Crippen LogP contribution in [0.1, 0.15) is 54.9 Å². The van der Waals surface area contributed by atoms with Crippen LogP contribution in [0.4, 0.5) is 5.13 Å². The predicted molar refractivity (Wildman–Crippen MR) is 82.6 cm³/mol. The first-order valence-corrected chi connectivity index (χ1v) is 8.23. The Morgan fingerprint density at radius 2 is 2.15 bits per heavy atom. The average Bonchev–Trinajstić information content (AvgIpc) is 2.81. The van der Waals surface area contributed by atoms with Crippen molar-refractivity contribution in [1.29, 1.82) is 0 Å². The molecule has 20 heavy (non-hydrogen) atoms. The Morgan fingerprint density at radius 1 is 1.45 bits per heavy atom. The van der Waals surface area contributed by atoms with Crippen LogP contribution in [-0.4, -0.2) is 30.6 Å². The third-order valence-corrected chi connectivity index (χ3v) is 5.18. The first-order chi connectivity index (χ1) is 9.54. The SMILES string of the molecule is CCOC(=O)c1nc(N(C)C2CCCCC2C)sc1C. The van der Waals surface area contributed by atoms with Gasteiger partial charge >= 0.3 is 5.97 Å². The maximum absolute atomic E-state index is 11.8. The highest BCUT2D eigenvalue weighted by molar-refractivity contribution is 7.15. The van der Waals surface area contributed by atoms with Gasteiger partial charge in [0.25, 0.3) is 0 Å². The Labute approximate surface area is 125 Å². The zero-order chi connectivity index (χ0) is 14.7. The van der Waals surface area contributed by atoms with Crippen LogP contribution in [0.3, 0.4) is 0 Å². The van der Waals surface area contributed by atoms with Crippen LogP contribution >= 0.6 is 11.3 Å². The zero-order valence-electron chi connectivity index (χ0n) is 12.8. The summed E-state index contributed by atoms with van der Waals surface area (Å²) in [6.45, 7) is 6.45. The number of hydrogen-bond donors (Lipinski definition) is 0. The molecule has 1 heterocycles. The van der Waals surface area contributed by atoms with Crippen LogP contribution in [0.2, 0.25) is 0 Å². The fourth-order valence-corrected chi connectivity index (χ4v) is 3.85. The highest BCUT2D eigenvalue weighted by Crippen LogP contribution is 2.33. The van der Waals surface area contributed by atoms with Gasteiger partial charge in [-0.15, -0.1) is 11.3 Å². The number of esters is 1. The molecule has 2 unspecified atom stereocenters. The summed E-state index contributed by atoms with van der Waals surface area (Å²) in [6, 6.07) is 0.532. The lowest BCUT2D eigenvalue weighted by Gasteiger charge is -2.36. The smallest absolute Gasteiger partial charge is 0.358 e. The van der Waals surface area contributed by atoms with Crippen LogP contribution < -0.4 is 4.90 Å². The molecule has 0 saturated heterocycles. The Hall–Kier alpha value is -1.10. The number of carbonyl (C=O) groups excluding carboxylic acids is 1. The second kappa shape index (κ2) is 6.57. The lowest BCUT2D eigenvalue weighted by atomic mass is 9.85. The van der Waals surface area contributed by atoms with Gasteiger partial charge in [-0.3, -0.25) is 0 Å². The normalized spacial score (nSPS) is 22.6. The molecular weight excluding hydrogens is 272 g/mol. The quantitative estimate of drug-likeness (QED) is 0.796. The van der Waals surface area contributed by atoms with Gasteiger partial charge in [-0.2, -0.15) is 0 Å². The molecule has 1 aliphatic carbocycles. The molecular formula is C15H24N2O2S. The third-order valence-electron chi connectivity index (χ3n) is 4.12. The van der Waals surface area contributed by atoms with Crippen LogP contribution in [0.15, 0.2) is 0 Å². The van der Waals surface area contributed by atoms with E-state index in [-0.39, 0.29) is 5.97 Å². The molecule has 112 valence electrons. The van der Waals surface area contributed by atoms with Crippen molar-refractivity contribution in [2.45, 2.75) is 52.5 Å². The summed E-state index contributed by atoms with van der Waals surface area (Å²) in [5, 5.41) is 0.935. The van der Waals surface area contributed by atoms with Crippen molar-refractivity contribution in [3.05, 3.63) is 10.6 Å². The van der Waals surface area contributed by atoms with Crippen molar-refractivity contribution in [2.24, 2.45) is 5.92 Å². The molecule has 1 aromatic rings. The monoisotopic (exact) mass is 296 g/mol.